The van der Waals surface area contributed by atoms with Crippen molar-refractivity contribution in [3.63, 3.8) is 0 Å². The predicted octanol–water partition coefficient (Wildman–Crippen LogP) is 3.83. The maximum atomic E-state index is 12.4. The van der Waals surface area contributed by atoms with Crippen LogP contribution in [0.4, 0.5) is 5.69 Å². The van der Waals surface area contributed by atoms with E-state index in [1.165, 1.54) is 0 Å². The Hall–Kier alpha value is -1.65. The molecule has 0 saturated heterocycles. The molecule has 2 aromatic carbocycles. The van der Waals surface area contributed by atoms with Crippen molar-refractivity contribution in [2.75, 3.05) is 5.32 Å². The summed E-state index contributed by atoms with van der Waals surface area (Å²) in [5.41, 5.74) is 2.71. The highest BCUT2D eigenvalue weighted by molar-refractivity contribution is 9.10. The molecular formula is C15H9BrClNO2. The Kier molecular flexibility index (Phi) is 3.36. The molecule has 0 bridgehead atoms. The van der Waals surface area contributed by atoms with Gasteiger partial charge in [-0.2, -0.15) is 0 Å². The molecule has 3 rings (SSSR count). The van der Waals surface area contributed by atoms with Crippen LogP contribution in [-0.4, -0.2) is 11.7 Å². The number of carbonyl (C=O) groups excluding carboxylic acids is 2. The van der Waals surface area contributed by atoms with Crippen molar-refractivity contribution in [3.8, 4) is 0 Å². The van der Waals surface area contributed by atoms with Crippen LogP contribution in [0.5, 0.6) is 0 Å². The molecule has 1 N–H and O–H groups in total. The van der Waals surface area contributed by atoms with Gasteiger partial charge < -0.3 is 5.32 Å². The Morgan fingerprint density at radius 2 is 1.85 bits per heavy atom. The monoisotopic (exact) mass is 349 g/mol. The van der Waals surface area contributed by atoms with Crippen molar-refractivity contribution in [1.82, 2.24) is 0 Å². The molecule has 1 aliphatic heterocycles. The Morgan fingerprint density at radius 3 is 2.60 bits per heavy atom. The zero-order chi connectivity index (χ0) is 14.3. The van der Waals surface area contributed by atoms with Gasteiger partial charge in [-0.1, -0.05) is 11.6 Å². The molecule has 5 heteroatoms. The Labute approximate surface area is 129 Å². The molecule has 20 heavy (non-hydrogen) atoms. The summed E-state index contributed by atoms with van der Waals surface area (Å²) in [4.78, 5) is 23.7. The molecule has 1 aliphatic rings. The van der Waals surface area contributed by atoms with Gasteiger partial charge in [-0.05, 0) is 57.9 Å². The van der Waals surface area contributed by atoms with Crippen molar-refractivity contribution in [3.05, 3.63) is 62.6 Å². The van der Waals surface area contributed by atoms with Gasteiger partial charge in [-0.3, -0.25) is 9.59 Å². The number of fused-ring (bicyclic) bond motifs is 1. The lowest BCUT2D eigenvalue weighted by Gasteiger charge is -2.05. The lowest BCUT2D eigenvalue weighted by Crippen LogP contribution is -2.03. The van der Waals surface area contributed by atoms with Crippen molar-refractivity contribution in [1.29, 1.82) is 0 Å². The molecule has 0 aliphatic carbocycles. The van der Waals surface area contributed by atoms with Crippen LogP contribution in [-0.2, 0) is 11.2 Å². The molecule has 0 aromatic heterocycles. The topological polar surface area (TPSA) is 46.2 Å². The molecule has 0 fully saturated rings. The third-order valence-electron chi connectivity index (χ3n) is 3.17. The van der Waals surface area contributed by atoms with E-state index in [0.29, 0.717) is 22.6 Å². The van der Waals surface area contributed by atoms with Crippen LogP contribution in [0.15, 0.2) is 40.9 Å². The largest absolute Gasteiger partial charge is 0.326 e. The molecule has 0 atom stereocenters. The van der Waals surface area contributed by atoms with Crippen LogP contribution in [0.3, 0.4) is 0 Å². The minimum atomic E-state index is -0.110. The van der Waals surface area contributed by atoms with Crippen molar-refractivity contribution >= 4 is 44.9 Å². The average molecular weight is 351 g/mol. The summed E-state index contributed by atoms with van der Waals surface area (Å²) < 4.78 is 0.750. The number of amides is 1. The third kappa shape index (κ3) is 2.37. The van der Waals surface area contributed by atoms with Crippen molar-refractivity contribution in [2.24, 2.45) is 0 Å². The minimum absolute atomic E-state index is 0.0451. The number of anilines is 1. The Morgan fingerprint density at radius 1 is 1.15 bits per heavy atom. The van der Waals surface area contributed by atoms with E-state index in [1.807, 2.05) is 0 Å². The summed E-state index contributed by atoms with van der Waals surface area (Å²) in [6.45, 7) is 0. The second-order valence-corrected chi connectivity index (χ2v) is 5.82. The van der Waals surface area contributed by atoms with Gasteiger partial charge in [0.05, 0.1) is 11.4 Å². The highest BCUT2D eigenvalue weighted by Crippen LogP contribution is 2.27. The van der Waals surface area contributed by atoms with E-state index >= 15 is 0 Å². The van der Waals surface area contributed by atoms with Crippen LogP contribution >= 0.6 is 27.5 Å². The van der Waals surface area contributed by atoms with Crippen molar-refractivity contribution in [2.45, 2.75) is 6.42 Å². The summed E-state index contributed by atoms with van der Waals surface area (Å²) in [5, 5.41) is 3.24. The van der Waals surface area contributed by atoms with E-state index in [0.717, 1.165) is 15.7 Å². The van der Waals surface area contributed by atoms with Gasteiger partial charge in [-0.25, -0.2) is 0 Å². The van der Waals surface area contributed by atoms with Crippen molar-refractivity contribution < 1.29 is 9.59 Å². The Bertz CT molecular complexity index is 743. The molecule has 100 valence electrons. The van der Waals surface area contributed by atoms with Crippen LogP contribution < -0.4 is 5.32 Å². The summed E-state index contributed by atoms with van der Waals surface area (Å²) >= 11 is 9.30. The molecule has 2 aromatic rings. The molecule has 0 radical (unpaired) electrons. The van der Waals surface area contributed by atoms with E-state index < -0.39 is 0 Å². The molecule has 0 unspecified atom stereocenters. The number of ketones is 1. The first kappa shape index (κ1) is 13.3. The highest BCUT2D eigenvalue weighted by Gasteiger charge is 2.19. The van der Waals surface area contributed by atoms with Gasteiger partial charge in [0.15, 0.2) is 5.78 Å². The highest BCUT2D eigenvalue weighted by atomic mass is 79.9. The van der Waals surface area contributed by atoms with Crippen LogP contribution in [0, 0.1) is 0 Å². The number of benzene rings is 2. The number of hydrogen-bond acceptors (Lipinski definition) is 2. The number of carbonyl (C=O) groups is 2. The third-order valence-corrected chi connectivity index (χ3v) is 4.41. The van der Waals surface area contributed by atoms with Gasteiger partial charge >= 0.3 is 0 Å². The van der Waals surface area contributed by atoms with E-state index in [1.54, 1.807) is 36.4 Å². The number of halogens is 2. The lowest BCUT2D eigenvalue weighted by molar-refractivity contribution is -0.115. The standard InChI is InChI=1S/C15H9BrClNO2/c16-11-3-1-9(6-12(11)17)15(20)8-2-4-13-10(5-8)7-14(19)18-13/h1-6H,7H2,(H,18,19). The fraction of sp³-hybridized carbons (Fsp3) is 0.0667. The SMILES string of the molecule is O=C1Cc2cc(C(=O)c3ccc(Br)c(Cl)c3)ccc2N1. The van der Waals surface area contributed by atoms with Crippen LogP contribution in [0.2, 0.25) is 5.02 Å². The van der Waals surface area contributed by atoms with E-state index in [4.69, 9.17) is 11.6 Å². The Balaban J connectivity index is 1.97. The number of nitrogens with one attached hydrogen (secondary N) is 1. The summed E-state index contributed by atoms with van der Waals surface area (Å²) in [7, 11) is 0. The fourth-order valence-corrected chi connectivity index (χ4v) is 2.60. The molecular weight excluding hydrogens is 342 g/mol. The first-order valence-corrected chi connectivity index (χ1v) is 7.14. The van der Waals surface area contributed by atoms with Crippen LogP contribution in [0.25, 0.3) is 0 Å². The predicted molar refractivity (Wildman–Crippen MR) is 81.4 cm³/mol. The molecule has 1 heterocycles. The first-order chi connectivity index (χ1) is 9.54. The summed E-state index contributed by atoms with van der Waals surface area (Å²) in [6.07, 6.45) is 0.317. The second-order valence-electron chi connectivity index (χ2n) is 4.55. The molecule has 3 nitrogen and oxygen atoms in total. The molecule has 1 amide bonds. The quantitative estimate of drug-likeness (QED) is 0.837. The molecule has 0 saturated carbocycles. The lowest BCUT2D eigenvalue weighted by atomic mass is 10.0. The van der Waals surface area contributed by atoms with Gasteiger partial charge in [0.1, 0.15) is 0 Å². The fourth-order valence-electron chi connectivity index (χ4n) is 2.17. The first-order valence-electron chi connectivity index (χ1n) is 5.97. The zero-order valence-corrected chi connectivity index (χ0v) is 12.6. The number of hydrogen-bond donors (Lipinski definition) is 1. The second kappa shape index (κ2) is 5.04. The van der Waals surface area contributed by atoms with Gasteiger partial charge in [0.25, 0.3) is 0 Å². The minimum Gasteiger partial charge on any atom is -0.326 e. The normalized spacial score (nSPS) is 13.0. The van der Waals surface area contributed by atoms with E-state index in [-0.39, 0.29) is 11.7 Å². The smallest absolute Gasteiger partial charge is 0.228 e. The molecule has 0 spiro atoms. The maximum Gasteiger partial charge on any atom is 0.228 e. The summed E-state index contributed by atoms with van der Waals surface area (Å²) in [6, 6.07) is 10.3. The van der Waals surface area contributed by atoms with Gasteiger partial charge in [0, 0.05) is 21.3 Å². The maximum absolute atomic E-state index is 12.4. The summed E-state index contributed by atoms with van der Waals surface area (Å²) in [5.74, 6) is -0.155. The van der Waals surface area contributed by atoms with Gasteiger partial charge in [-0.15, -0.1) is 0 Å². The van der Waals surface area contributed by atoms with Crippen LogP contribution in [0.1, 0.15) is 21.5 Å². The van der Waals surface area contributed by atoms with E-state index in [2.05, 4.69) is 21.2 Å². The number of rotatable bonds is 2. The van der Waals surface area contributed by atoms with Gasteiger partial charge in [0.2, 0.25) is 5.91 Å². The zero-order valence-electron chi connectivity index (χ0n) is 10.2. The average Bonchev–Trinajstić information content (AvgIpc) is 2.80. The van der Waals surface area contributed by atoms with E-state index in [9.17, 15) is 9.59 Å².